The standard InChI is InChI=1S/C17H26N2O2S/c1-13(12-22-2)17(21)18-16-6-4-3-5-14(16)11-19-9-7-15(20)8-10-19/h3-6,13,15,20H,7-12H2,1-2H3,(H,18,21). The summed E-state index contributed by atoms with van der Waals surface area (Å²) in [5.74, 6) is 0.918. The molecule has 1 aliphatic rings. The SMILES string of the molecule is CSCC(C)C(=O)Nc1ccccc1CN1CCC(O)CC1. The molecule has 2 rings (SSSR count). The first kappa shape index (κ1) is 17.3. The number of benzene rings is 1. The van der Waals surface area contributed by atoms with Crippen LogP contribution in [0.25, 0.3) is 0 Å². The molecule has 5 heteroatoms. The van der Waals surface area contributed by atoms with E-state index in [1.54, 1.807) is 11.8 Å². The Morgan fingerprint density at radius 2 is 2.09 bits per heavy atom. The Balaban J connectivity index is 1.99. The fourth-order valence-corrected chi connectivity index (χ4v) is 3.33. The van der Waals surface area contributed by atoms with Crippen LogP contribution in [-0.4, -0.2) is 47.1 Å². The average molecular weight is 322 g/mol. The number of thioether (sulfide) groups is 1. The van der Waals surface area contributed by atoms with Gasteiger partial charge in [0.2, 0.25) is 5.91 Å². The summed E-state index contributed by atoms with van der Waals surface area (Å²) in [6.45, 7) is 4.60. The van der Waals surface area contributed by atoms with Crippen molar-refractivity contribution < 1.29 is 9.90 Å². The summed E-state index contributed by atoms with van der Waals surface area (Å²) >= 11 is 1.69. The van der Waals surface area contributed by atoms with Crippen molar-refractivity contribution in [2.45, 2.75) is 32.4 Å². The lowest BCUT2D eigenvalue weighted by Crippen LogP contribution is -2.35. The van der Waals surface area contributed by atoms with Gasteiger partial charge in [-0.15, -0.1) is 0 Å². The van der Waals surface area contributed by atoms with Crippen LogP contribution in [0.2, 0.25) is 0 Å². The van der Waals surface area contributed by atoms with Crippen molar-refractivity contribution in [3.8, 4) is 0 Å². The van der Waals surface area contributed by atoms with Crippen LogP contribution in [0.4, 0.5) is 5.69 Å². The van der Waals surface area contributed by atoms with Crippen LogP contribution in [0, 0.1) is 5.92 Å². The zero-order valence-electron chi connectivity index (χ0n) is 13.4. The van der Waals surface area contributed by atoms with Crippen molar-refractivity contribution >= 4 is 23.4 Å². The molecule has 1 atom stereocenters. The van der Waals surface area contributed by atoms with Gasteiger partial charge < -0.3 is 10.4 Å². The first-order valence-electron chi connectivity index (χ1n) is 7.88. The van der Waals surface area contributed by atoms with Gasteiger partial charge in [-0.3, -0.25) is 9.69 Å². The molecular weight excluding hydrogens is 296 g/mol. The van der Waals surface area contributed by atoms with E-state index in [1.807, 2.05) is 31.4 Å². The zero-order valence-corrected chi connectivity index (χ0v) is 14.2. The summed E-state index contributed by atoms with van der Waals surface area (Å²) in [6, 6.07) is 8.01. The molecule has 0 aromatic heterocycles. The van der Waals surface area contributed by atoms with E-state index in [0.717, 1.165) is 49.5 Å². The highest BCUT2D eigenvalue weighted by Gasteiger charge is 2.19. The van der Waals surface area contributed by atoms with Gasteiger partial charge >= 0.3 is 0 Å². The minimum atomic E-state index is -0.154. The van der Waals surface area contributed by atoms with Crippen LogP contribution < -0.4 is 5.32 Å². The molecule has 1 aromatic rings. The Morgan fingerprint density at radius 3 is 2.77 bits per heavy atom. The van der Waals surface area contributed by atoms with Crippen LogP contribution in [0.1, 0.15) is 25.3 Å². The number of carbonyl (C=O) groups is 1. The molecule has 0 saturated carbocycles. The van der Waals surface area contributed by atoms with E-state index >= 15 is 0 Å². The van der Waals surface area contributed by atoms with Gasteiger partial charge in [-0.25, -0.2) is 0 Å². The highest BCUT2D eigenvalue weighted by Crippen LogP contribution is 2.21. The Kier molecular flexibility index (Phi) is 6.73. The first-order chi connectivity index (χ1) is 10.6. The van der Waals surface area contributed by atoms with E-state index in [-0.39, 0.29) is 17.9 Å². The van der Waals surface area contributed by atoms with E-state index in [2.05, 4.69) is 16.3 Å². The molecule has 1 saturated heterocycles. The summed E-state index contributed by atoms with van der Waals surface area (Å²) in [6.07, 6.45) is 3.53. The molecular formula is C17H26N2O2S. The normalized spacial score (nSPS) is 18.1. The van der Waals surface area contributed by atoms with Gasteiger partial charge in [0.1, 0.15) is 0 Å². The highest BCUT2D eigenvalue weighted by molar-refractivity contribution is 7.98. The molecule has 0 spiro atoms. The number of likely N-dealkylation sites (tertiary alicyclic amines) is 1. The van der Waals surface area contributed by atoms with Gasteiger partial charge in [-0.1, -0.05) is 25.1 Å². The third-order valence-electron chi connectivity index (χ3n) is 4.09. The summed E-state index contributed by atoms with van der Waals surface area (Å²) in [5.41, 5.74) is 2.05. The third kappa shape index (κ3) is 5.00. The molecule has 0 bridgehead atoms. The van der Waals surface area contributed by atoms with E-state index in [0.29, 0.717) is 0 Å². The van der Waals surface area contributed by atoms with E-state index in [4.69, 9.17) is 0 Å². The lowest BCUT2D eigenvalue weighted by molar-refractivity contribution is -0.118. The van der Waals surface area contributed by atoms with Crippen LogP contribution in [0.15, 0.2) is 24.3 Å². The molecule has 1 unspecified atom stereocenters. The Hall–Kier alpha value is -1.04. The minimum Gasteiger partial charge on any atom is -0.393 e. The topological polar surface area (TPSA) is 52.6 Å². The van der Waals surface area contributed by atoms with Crippen LogP contribution in [0.5, 0.6) is 0 Å². The van der Waals surface area contributed by atoms with Gasteiger partial charge in [-0.2, -0.15) is 11.8 Å². The zero-order chi connectivity index (χ0) is 15.9. The Labute approximate surface area is 137 Å². The number of nitrogens with zero attached hydrogens (tertiary/aromatic N) is 1. The Bertz CT molecular complexity index is 487. The number of hydrogen-bond acceptors (Lipinski definition) is 4. The predicted octanol–water partition coefficient (Wildman–Crippen LogP) is 2.58. The maximum atomic E-state index is 12.2. The number of aliphatic hydroxyl groups is 1. The first-order valence-corrected chi connectivity index (χ1v) is 9.27. The predicted molar refractivity (Wildman–Crippen MR) is 93.1 cm³/mol. The molecule has 1 heterocycles. The maximum Gasteiger partial charge on any atom is 0.228 e. The van der Waals surface area contributed by atoms with Gasteiger partial charge in [0.25, 0.3) is 0 Å². The molecule has 22 heavy (non-hydrogen) atoms. The number of carbonyl (C=O) groups excluding carboxylic acids is 1. The fraction of sp³-hybridized carbons (Fsp3) is 0.588. The van der Waals surface area contributed by atoms with Crippen molar-refractivity contribution in [1.82, 2.24) is 4.90 Å². The molecule has 0 radical (unpaired) electrons. The fourth-order valence-electron chi connectivity index (χ4n) is 2.68. The number of hydrogen-bond donors (Lipinski definition) is 2. The van der Waals surface area contributed by atoms with E-state index in [9.17, 15) is 9.90 Å². The molecule has 122 valence electrons. The lowest BCUT2D eigenvalue weighted by Gasteiger charge is -2.30. The summed E-state index contributed by atoms with van der Waals surface area (Å²) in [4.78, 5) is 14.6. The quantitative estimate of drug-likeness (QED) is 0.845. The molecule has 1 aliphatic heterocycles. The monoisotopic (exact) mass is 322 g/mol. The number of amides is 1. The number of piperidine rings is 1. The van der Waals surface area contributed by atoms with Crippen molar-refractivity contribution in [2.75, 3.05) is 30.4 Å². The summed E-state index contributed by atoms with van der Waals surface area (Å²) < 4.78 is 0. The molecule has 1 aromatic carbocycles. The Morgan fingerprint density at radius 1 is 1.41 bits per heavy atom. The second-order valence-corrected chi connectivity index (χ2v) is 6.92. The third-order valence-corrected chi connectivity index (χ3v) is 4.92. The maximum absolute atomic E-state index is 12.2. The van der Waals surface area contributed by atoms with Crippen molar-refractivity contribution in [3.05, 3.63) is 29.8 Å². The van der Waals surface area contributed by atoms with Crippen molar-refractivity contribution in [2.24, 2.45) is 5.92 Å². The second-order valence-electron chi connectivity index (χ2n) is 6.01. The largest absolute Gasteiger partial charge is 0.393 e. The van der Waals surface area contributed by atoms with Crippen LogP contribution in [0.3, 0.4) is 0 Å². The van der Waals surface area contributed by atoms with Crippen LogP contribution >= 0.6 is 11.8 Å². The molecule has 1 fully saturated rings. The summed E-state index contributed by atoms with van der Waals surface area (Å²) in [7, 11) is 0. The average Bonchev–Trinajstić information content (AvgIpc) is 2.51. The van der Waals surface area contributed by atoms with Gasteiger partial charge in [0.15, 0.2) is 0 Å². The number of para-hydroxylation sites is 1. The van der Waals surface area contributed by atoms with Gasteiger partial charge in [-0.05, 0) is 30.7 Å². The summed E-state index contributed by atoms with van der Waals surface area (Å²) in [5, 5.41) is 12.7. The van der Waals surface area contributed by atoms with Crippen molar-refractivity contribution in [3.63, 3.8) is 0 Å². The van der Waals surface area contributed by atoms with E-state index < -0.39 is 0 Å². The number of rotatable bonds is 6. The molecule has 4 nitrogen and oxygen atoms in total. The second kappa shape index (κ2) is 8.56. The molecule has 0 aliphatic carbocycles. The van der Waals surface area contributed by atoms with Gasteiger partial charge in [0.05, 0.1) is 6.10 Å². The lowest BCUT2D eigenvalue weighted by atomic mass is 10.1. The molecule has 1 amide bonds. The number of aliphatic hydroxyl groups excluding tert-OH is 1. The number of anilines is 1. The number of nitrogens with one attached hydrogen (secondary N) is 1. The van der Waals surface area contributed by atoms with Crippen LogP contribution in [-0.2, 0) is 11.3 Å². The smallest absolute Gasteiger partial charge is 0.228 e. The highest BCUT2D eigenvalue weighted by atomic mass is 32.2. The van der Waals surface area contributed by atoms with Crippen molar-refractivity contribution in [1.29, 1.82) is 0 Å². The minimum absolute atomic E-state index is 0.00758. The molecule has 2 N–H and O–H groups in total. The van der Waals surface area contributed by atoms with E-state index in [1.165, 1.54) is 0 Å². The van der Waals surface area contributed by atoms with Gasteiger partial charge in [0, 0.05) is 37.0 Å².